The Kier molecular flexibility index (Phi) is 3.79. The van der Waals surface area contributed by atoms with Crippen molar-refractivity contribution in [1.82, 2.24) is 10.2 Å². The van der Waals surface area contributed by atoms with Gasteiger partial charge in [-0.2, -0.15) is 5.26 Å². The molecule has 0 aromatic heterocycles. The molecule has 1 saturated heterocycles. The zero-order chi connectivity index (χ0) is 11.4. The molecule has 84 valence electrons. The van der Waals surface area contributed by atoms with Crippen LogP contribution in [0.15, 0.2) is 24.3 Å². The van der Waals surface area contributed by atoms with Crippen molar-refractivity contribution in [3.8, 4) is 6.07 Å². The predicted molar refractivity (Wildman–Crippen MR) is 64.2 cm³/mol. The van der Waals surface area contributed by atoms with Crippen molar-refractivity contribution >= 4 is 11.6 Å². The van der Waals surface area contributed by atoms with E-state index in [4.69, 9.17) is 11.6 Å². The summed E-state index contributed by atoms with van der Waals surface area (Å²) in [5, 5.41) is 13.2. The Hall–Kier alpha value is -1.08. The van der Waals surface area contributed by atoms with Gasteiger partial charge in [-0.1, -0.05) is 23.7 Å². The molecule has 1 fully saturated rings. The van der Waals surface area contributed by atoms with Crippen LogP contribution in [0.1, 0.15) is 11.6 Å². The first-order valence-corrected chi connectivity index (χ1v) is 5.79. The third-order valence-electron chi connectivity index (χ3n) is 2.80. The molecular weight excluding hydrogens is 222 g/mol. The van der Waals surface area contributed by atoms with E-state index in [1.165, 1.54) is 0 Å². The summed E-state index contributed by atoms with van der Waals surface area (Å²) in [4.78, 5) is 2.18. The van der Waals surface area contributed by atoms with Crippen LogP contribution in [-0.4, -0.2) is 31.1 Å². The molecule has 3 nitrogen and oxygen atoms in total. The van der Waals surface area contributed by atoms with Gasteiger partial charge in [0.1, 0.15) is 6.04 Å². The lowest BCUT2D eigenvalue weighted by Crippen LogP contribution is -2.44. The van der Waals surface area contributed by atoms with Crippen LogP contribution < -0.4 is 5.32 Å². The van der Waals surface area contributed by atoms with Crippen molar-refractivity contribution in [1.29, 1.82) is 5.26 Å². The van der Waals surface area contributed by atoms with E-state index in [0.29, 0.717) is 5.02 Å². The van der Waals surface area contributed by atoms with Gasteiger partial charge in [-0.3, -0.25) is 4.90 Å². The lowest BCUT2D eigenvalue weighted by atomic mass is 10.1. The van der Waals surface area contributed by atoms with Gasteiger partial charge in [-0.15, -0.1) is 0 Å². The first-order chi connectivity index (χ1) is 7.81. The summed E-state index contributed by atoms with van der Waals surface area (Å²) in [6.45, 7) is 3.70. The zero-order valence-electron chi connectivity index (χ0n) is 8.99. The molecule has 0 amide bonds. The second-order valence-electron chi connectivity index (χ2n) is 3.87. The number of nitrogens with one attached hydrogen (secondary N) is 1. The monoisotopic (exact) mass is 235 g/mol. The van der Waals surface area contributed by atoms with Gasteiger partial charge in [0.05, 0.1) is 6.07 Å². The standard InChI is InChI=1S/C12H14ClN3/c13-11-3-1-2-10(8-11)12(9-14)16-6-4-15-5-7-16/h1-3,8,12,15H,4-7H2/t12-/m1/s1. The third-order valence-corrected chi connectivity index (χ3v) is 3.04. The van der Waals surface area contributed by atoms with Crippen molar-refractivity contribution in [3.63, 3.8) is 0 Å². The van der Waals surface area contributed by atoms with Crippen LogP contribution in [0.4, 0.5) is 0 Å². The van der Waals surface area contributed by atoms with Crippen LogP contribution in [0.5, 0.6) is 0 Å². The molecule has 1 aromatic rings. The zero-order valence-corrected chi connectivity index (χ0v) is 9.74. The summed E-state index contributed by atoms with van der Waals surface area (Å²) in [6, 6.07) is 9.73. The summed E-state index contributed by atoms with van der Waals surface area (Å²) in [5.74, 6) is 0. The van der Waals surface area contributed by atoms with E-state index in [1.54, 1.807) is 0 Å². The maximum Gasteiger partial charge on any atom is 0.123 e. The van der Waals surface area contributed by atoms with Crippen LogP contribution in [0.3, 0.4) is 0 Å². The van der Waals surface area contributed by atoms with Crippen LogP contribution >= 0.6 is 11.6 Å². The van der Waals surface area contributed by atoms with Gasteiger partial charge in [-0.05, 0) is 17.7 Å². The number of hydrogen-bond donors (Lipinski definition) is 1. The summed E-state index contributed by atoms with van der Waals surface area (Å²) in [7, 11) is 0. The maximum absolute atomic E-state index is 9.27. The molecule has 0 saturated carbocycles. The lowest BCUT2D eigenvalue weighted by Gasteiger charge is -2.31. The van der Waals surface area contributed by atoms with E-state index in [9.17, 15) is 5.26 Å². The normalized spacial score (nSPS) is 19.0. The fourth-order valence-electron chi connectivity index (χ4n) is 1.98. The Morgan fingerprint density at radius 3 is 2.75 bits per heavy atom. The Labute approximate surface area is 101 Å². The van der Waals surface area contributed by atoms with Crippen LogP contribution in [-0.2, 0) is 0 Å². The van der Waals surface area contributed by atoms with Gasteiger partial charge in [0, 0.05) is 31.2 Å². The van der Waals surface area contributed by atoms with Gasteiger partial charge >= 0.3 is 0 Å². The van der Waals surface area contributed by atoms with Gasteiger partial charge in [-0.25, -0.2) is 0 Å². The number of halogens is 1. The van der Waals surface area contributed by atoms with E-state index in [2.05, 4.69) is 16.3 Å². The van der Waals surface area contributed by atoms with E-state index < -0.39 is 0 Å². The fourth-order valence-corrected chi connectivity index (χ4v) is 2.18. The van der Waals surface area contributed by atoms with E-state index >= 15 is 0 Å². The average molecular weight is 236 g/mol. The molecule has 1 N–H and O–H groups in total. The number of hydrogen-bond acceptors (Lipinski definition) is 3. The molecule has 16 heavy (non-hydrogen) atoms. The van der Waals surface area contributed by atoms with Crippen LogP contribution in [0.25, 0.3) is 0 Å². The summed E-state index contributed by atoms with van der Waals surface area (Å²) >= 11 is 5.94. The molecule has 0 unspecified atom stereocenters. The second-order valence-corrected chi connectivity index (χ2v) is 4.31. The summed E-state index contributed by atoms with van der Waals surface area (Å²) < 4.78 is 0. The highest BCUT2D eigenvalue weighted by Gasteiger charge is 2.21. The molecule has 1 heterocycles. The van der Waals surface area contributed by atoms with Crippen LogP contribution in [0.2, 0.25) is 5.02 Å². The summed E-state index contributed by atoms with van der Waals surface area (Å²) in [6.07, 6.45) is 0. The Bertz CT molecular complexity index is 393. The van der Waals surface area contributed by atoms with E-state index in [1.807, 2.05) is 24.3 Å². The van der Waals surface area contributed by atoms with Crippen LogP contribution in [0, 0.1) is 11.3 Å². The molecule has 0 radical (unpaired) electrons. The quantitative estimate of drug-likeness (QED) is 0.850. The predicted octanol–water partition coefficient (Wildman–Crippen LogP) is 1.81. The smallest absolute Gasteiger partial charge is 0.123 e. The van der Waals surface area contributed by atoms with E-state index in [0.717, 1.165) is 31.7 Å². The van der Waals surface area contributed by atoms with Gasteiger partial charge in [0.25, 0.3) is 0 Å². The first kappa shape index (κ1) is 11.4. The molecule has 2 rings (SSSR count). The van der Waals surface area contributed by atoms with Gasteiger partial charge in [0.2, 0.25) is 0 Å². The molecule has 0 bridgehead atoms. The highest BCUT2D eigenvalue weighted by Crippen LogP contribution is 2.22. The fraction of sp³-hybridized carbons (Fsp3) is 0.417. The molecule has 4 heteroatoms. The Balaban J connectivity index is 2.18. The number of nitriles is 1. The molecule has 1 aliphatic heterocycles. The number of piperazine rings is 1. The molecule has 0 aliphatic carbocycles. The molecular formula is C12H14ClN3. The van der Waals surface area contributed by atoms with Crippen molar-refractivity contribution in [3.05, 3.63) is 34.9 Å². The second kappa shape index (κ2) is 5.31. The van der Waals surface area contributed by atoms with Crippen molar-refractivity contribution in [2.75, 3.05) is 26.2 Å². The Morgan fingerprint density at radius 1 is 1.38 bits per heavy atom. The van der Waals surface area contributed by atoms with Gasteiger partial charge in [0.15, 0.2) is 0 Å². The largest absolute Gasteiger partial charge is 0.314 e. The number of nitrogens with zero attached hydrogens (tertiary/aromatic N) is 2. The molecule has 1 aromatic carbocycles. The number of rotatable bonds is 2. The average Bonchev–Trinajstić information content (AvgIpc) is 2.31. The van der Waals surface area contributed by atoms with Crippen molar-refractivity contribution in [2.45, 2.75) is 6.04 Å². The lowest BCUT2D eigenvalue weighted by molar-refractivity contribution is 0.207. The minimum Gasteiger partial charge on any atom is -0.314 e. The minimum atomic E-state index is -0.180. The highest BCUT2D eigenvalue weighted by molar-refractivity contribution is 6.30. The van der Waals surface area contributed by atoms with Gasteiger partial charge < -0.3 is 5.32 Å². The molecule has 1 aliphatic rings. The topological polar surface area (TPSA) is 39.1 Å². The Morgan fingerprint density at radius 2 is 2.12 bits per heavy atom. The van der Waals surface area contributed by atoms with Crippen molar-refractivity contribution in [2.24, 2.45) is 0 Å². The molecule has 0 spiro atoms. The molecule has 1 atom stereocenters. The highest BCUT2D eigenvalue weighted by atomic mass is 35.5. The van der Waals surface area contributed by atoms with E-state index in [-0.39, 0.29) is 6.04 Å². The maximum atomic E-state index is 9.27. The minimum absolute atomic E-state index is 0.180. The summed E-state index contributed by atoms with van der Waals surface area (Å²) in [5.41, 5.74) is 0.983. The third kappa shape index (κ3) is 2.53. The first-order valence-electron chi connectivity index (χ1n) is 5.41. The van der Waals surface area contributed by atoms with Crippen molar-refractivity contribution < 1.29 is 0 Å². The SMILES string of the molecule is N#C[C@H](c1cccc(Cl)c1)N1CCNCC1. The number of benzene rings is 1.